The molecule has 0 aliphatic rings. The Labute approximate surface area is 148 Å². The van der Waals surface area contributed by atoms with Gasteiger partial charge in [-0.2, -0.15) is 0 Å². The SMILES string of the molecule is C/C(=C/c1ccccc1)[C@H](O)C(=O)c1nc2ccc(Cl)cc2[nH]c1=O. The van der Waals surface area contributed by atoms with E-state index >= 15 is 0 Å². The molecule has 25 heavy (non-hydrogen) atoms. The summed E-state index contributed by atoms with van der Waals surface area (Å²) in [6.45, 7) is 1.63. The van der Waals surface area contributed by atoms with E-state index in [4.69, 9.17) is 11.6 Å². The van der Waals surface area contributed by atoms with Gasteiger partial charge in [-0.15, -0.1) is 0 Å². The van der Waals surface area contributed by atoms with Crippen molar-refractivity contribution in [1.29, 1.82) is 0 Å². The Morgan fingerprint density at radius 2 is 1.96 bits per heavy atom. The molecule has 126 valence electrons. The van der Waals surface area contributed by atoms with Crippen molar-refractivity contribution < 1.29 is 9.90 Å². The minimum Gasteiger partial charge on any atom is -0.380 e. The van der Waals surface area contributed by atoms with Gasteiger partial charge in [0.05, 0.1) is 11.0 Å². The Morgan fingerprint density at radius 3 is 2.68 bits per heavy atom. The van der Waals surface area contributed by atoms with Crippen LogP contribution in [0.15, 0.2) is 58.9 Å². The summed E-state index contributed by atoms with van der Waals surface area (Å²) in [6, 6.07) is 14.1. The maximum atomic E-state index is 12.5. The van der Waals surface area contributed by atoms with Crippen LogP contribution in [0.4, 0.5) is 0 Å². The van der Waals surface area contributed by atoms with Gasteiger partial charge in [0.15, 0.2) is 5.69 Å². The van der Waals surface area contributed by atoms with Crippen LogP contribution in [-0.2, 0) is 0 Å². The summed E-state index contributed by atoms with van der Waals surface area (Å²) in [5, 5.41) is 10.8. The van der Waals surface area contributed by atoms with Crippen molar-refractivity contribution >= 4 is 34.5 Å². The molecule has 5 nitrogen and oxygen atoms in total. The van der Waals surface area contributed by atoms with E-state index in [1.807, 2.05) is 30.3 Å². The number of aromatic amines is 1. The summed E-state index contributed by atoms with van der Waals surface area (Å²) in [4.78, 5) is 31.3. The van der Waals surface area contributed by atoms with E-state index in [9.17, 15) is 14.7 Å². The van der Waals surface area contributed by atoms with Gasteiger partial charge in [-0.1, -0.05) is 48.0 Å². The number of H-pyrrole nitrogens is 1. The average molecular weight is 355 g/mol. The van der Waals surface area contributed by atoms with Gasteiger partial charge in [0, 0.05) is 5.02 Å². The van der Waals surface area contributed by atoms with Crippen LogP contribution in [0, 0.1) is 0 Å². The summed E-state index contributed by atoms with van der Waals surface area (Å²) in [7, 11) is 0. The number of hydrogen-bond acceptors (Lipinski definition) is 4. The number of aromatic nitrogens is 2. The molecule has 0 amide bonds. The fourth-order valence-corrected chi connectivity index (χ4v) is 2.63. The van der Waals surface area contributed by atoms with Crippen LogP contribution < -0.4 is 5.56 Å². The lowest BCUT2D eigenvalue weighted by atomic mass is 10.0. The van der Waals surface area contributed by atoms with Gasteiger partial charge >= 0.3 is 0 Å². The smallest absolute Gasteiger partial charge is 0.278 e. The van der Waals surface area contributed by atoms with E-state index in [1.165, 1.54) is 0 Å². The molecule has 0 spiro atoms. The number of ketones is 1. The van der Waals surface area contributed by atoms with Crippen LogP contribution in [0.25, 0.3) is 17.1 Å². The number of aliphatic hydroxyl groups is 1. The van der Waals surface area contributed by atoms with Crippen molar-refractivity contribution in [3.63, 3.8) is 0 Å². The van der Waals surface area contributed by atoms with Crippen molar-refractivity contribution in [2.75, 3.05) is 0 Å². The second-order valence-electron chi connectivity index (χ2n) is 5.64. The molecule has 1 aromatic heterocycles. The monoisotopic (exact) mass is 354 g/mol. The molecule has 0 unspecified atom stereocenters. The minimum atomic E-state index is -1.45. The highest BCUT2D eigenvalue weighted by atomic mass is 35.5. The van der Waals surface area contributed by atoms with Crippen LogP contribution >= 0.6 is 11.6 Å². The standard InChI is InChI=1S/C19H15ClN2O3/c1-11(9-12-5-3-2-4-6-12)17(23)18(24)16-19(25)22-15-10-13(20)7-8-14(15)21-16/h2-10,17,23H,1H3,(H,22,25)/b11-9-/t17-/m0/s1. The number of benzene rings is 2. The highest BCUT2D eigenvalue weighted by Crippen LogP contribution is 2.16. The van der Waals surface area contributed by atoms with Crippen LogP contribution in [0.5, 0.6) is 0 Å². The molecule has 3 rings (SSSR count). The molecule has 2 N–H and O–H groups in total. The molecule has 1 heterocycles. The van der Waals surface area contributed by atoms with E-state index in [1.54, 1.807) is 31.2 Å². The molecular formula is C19H15ClN2O3. The molecule has 0 aliphatic carbocycles. The Balaban J connectivity index is 1.96. The van der Waals surface area contributed by atoms with Crippen LogP contribution in [-0.4, -0.2) is 27.0 Å². The molecule has 0 aliphatic heterocycles. The number of fused-ring (bicyclic) bond motifs is 1. The zero-order valence-corrected chi connectivity index (χ0v) is 14.1. The number of hydrogen-bond donors (Lipinski definition) is 2. The van der Waals surface area contributed by atoms with Crippen LogP contribution in [0.3, 0.4) is 0 Å². The molecule has 0 radical (unpaired) electrons. The predicted octanol–water partition coefficient (Wildman–Crippen LogP) is 3.22. The molecule has 2 aromatic carbocycles. The van der Waals surface area contributed by atoms with Gasteiger partial charge in [-0.25, -0.2) is 4.98 Å². The quantitative estimate of drug-likeness (QED) is 0.705. The van der Waals surface area contributed by atoms with Gasteiger partial charge in [0.2, 0.25) is 5.78 Å². The number of carbonyl (C=O) groups is 1. The molecule has 6 heteroatoms. The third-order valence-electron chi connectivity index (χ3n) is 3.76. The van der Waals surface area contributed by atoms with Crippen molar-refractivity contribution in [2.45, 2.75) is 13.0 Å². The van der Waals surface area contributed by atoms with Gasteiger partial charge in [-0.3, -0.25) is 9.59 Å². The lowest BCUT2D eigenvalue weighted by Gasteiger charge is -2.10. The fraction of sp³-hybridized carbons (Fsp3) is 0.105. The Kier molecular flexibility index (Phi) is 4.79. The van der Waals surface area contributed by atoms with E-state index in [0.717, 1.165) is 5.56 Å². The first-order valence-electron chi connectivity index (χ1n) is 7.61. The third-order valence-corrected chi connectivity index (χ3v) is 4.00. The summed E-state index contributed by atoms with van der Waals surface area (Å²) in [6.07, 6.45) is 0.246. The summed E-state index contributed by atoms with van der Waals surface area (Å²) in [5.74, 6) is -0.747. The first-order chi connectivity index (χ1) is 12.0. The lowest BCUT2D eigenvalue weighted by Crippen LogP contribution is -2.29. The van der Waals surface area contributed by atoms with Crippen LogP contribution in [0.2, 0.25) is 5.02 Å². The lowest BCUT2D eigenvalue weighted by molar-refractivity contribution is 0.0800. The molecule has 3 aromatic rings. The molecule has 1 atom stereocenters. The third kappa shape index (κ3) is 3.68. The van der Waals surface area contributed by atoms with Crippen LogP contribution in [0.1, 0.15) is 23.0 Å². The predicted molar refractivity (Wildman–Crippen MR) is 97.8 cm³/mol. The number of halogens is 1. The average Bonchev–Trinajstić information content (AvgIpc) is 2.60. The van der Waals surface area contributed by atoms with E-state index in [-0.39, 0.29) is 5.69 Å². The summed E-state index contributed by atoms with van der Waals surface area (Å²) >= 11 is 5.88. The molecule has 0 saturated carbocycles. The summed E-state index contributed by atoms with van der Waals surface area (Å²) in [5.41, 5.74) is 1.13. The van der Waals surface area contributed by atoms with Gasteiger partial charge in [-0.05, 0) is 36.3 Å². The Hall–Kier alpha value is -2.76. The Morgan fingerprint density at radius 1 is 1.24 bits per heavy atom. The second kappa shape index (κ2) is 7.01. The van der Waals surface area contributed by atoms with Gasteiger partial charge < -0.3 is 10.1 Å². The van der Waals surface area contributed by atoms with Gasteiger partial charge in [0.1, 0.15) is 6.10 Å². The largest absolute Gasteiger partial charge is 0.380 e. The second-order valence-corrected chi connectivity index (χ2v) is 6.08. The number of Topliss-reactive ketones (excluding diaryl/α,β-unsaturated/α-hetero) is 1. The highest BCUT2D eigenvalue weighted by Gasteiger charge is 2.23. The number of aliphatic hydroxyl groups excluding tert-OH is 1. The zero-order chi connectivity index (χ0) is 18.0. The normalized spacial score (nSPS) is 13.0. The van der Waals surface area contributed by atoms with Crippen molar-refractivity contribution in [3.8, 4) is 0 Å². The van der Waals surface area contributed by atoms with Gasteiger partial charge in [0.25, 0.3) is 5.56 Å². The summed E-state index contributed by atoms with van der Waals surface area (Å²) < 4.78 is 0. The fourth-order valence-electron chi connectivity index (χ4n) is 2.45. The number of rotatable bonds is 4. The van der Waals surface area contributed by atoms with Crippen molar-refractivity contribution in [3.05, 3.63) is 80.7 Å². The van der Waals surface area contributed by atoms with E-state index in [2.05, 4.69) is 9.97 Å². The highest BCUT2D eigenvalue weighted by molar-refractivity contribution is 6.31. The zero-order valence-electron chi connectivity index (χ0n) is 13.4. The first kappa shape index (κ1) is 17.1. The first-order valence-corrected chi connectivity index (χ1v) is 7.98. The molecule has 0 bridgehead atoms. The maximum Gasteiger partial charge on any atom is 0.278 e. The van der Waals surface area contributed by atoms with E-state index < -0.39 is 17.4 Å². The molecule has 0 fully saturated rings. The number of nitrogens with one attached hydrogen (secondary N) is 1. The molecule has 0 saturated heterocycles. The molecular weight excluding hydrogens is 340 g/mol. The topological polar surface area (TPSA) is 83.0 Å². The Bertz CT molecular complexity index is 1030. The minimum absolute atomic E-state index is 0.330. The van der Waals surface area contributed by atoms with Crippen molar-refractivity contribution in [2.24, 2.45) is 0 Å². The number of nitrogens with zero attached hydrogens (tertiary/aromatic N) is 1. The maximum absolute atomic E-state index is 12.5. The van der Waals surface area contributed by atoms with Crippen molar-refractivity contribution in [1.82, 2.24) is 9.97 Å². The number of carbonyl (C=O) groups excluding carboxylic acids is 1. The van der Waals surface area contributed by atoms with E-state index in [0.29, 0.717) is 21.6 Å².